The Hall–Kier alpha value is -3.42. The molecule has 3 aromatic rings. The van der Waals surface area contributed by atoms with E-state index in [4.69, 9.17) is 16.3 Å². The SMILES string of the molecule is CCN(CC)C(=O)COCc1cccc2c(/C=N/NC(=O)c3ccc(O)c(Cl)c3)cccc12. The molecule has 8 heteroatoms. The first-order chi connectivity index (χ1) is 15.9. The Morgan fingerprint density at radius 1 is 1.09 bits per heavy atom. The maximum Gasteiger partial charge on any atom is 0.271 e. The molecule has 2 amide bonds. The molecule has 0 aliphatic rings. The van der Waals surface area contributed by atoms with Gasteiger partial charge in [-0.2, -0.15) is 5.10 Å². The van der Waals surface area contributed by atoms with Gasteiger partial charge in [0.25, 0.3) is 5.91 Å². The third-order valence-corrected chi connectivity index (χ3v) is 5.53. The second kappa shape index (κ2) is 11.4. The average Bonchev–Trinajstić information content (AvgIpc) is 2.82. The fourth-order valence-corrected chi connectivity index (χ4v) is 3.61. The highest BCUT2D eigenvalue weighted by Gasteiger charge is 2.11. The number of phenols is 1. The summed E-state index contributed by atoms with van der Waals surface area (Å²) in [5.41, 5.74) is 4.52. The third-order valence-electron chi connectivity index (χ3n) is 5.22. The van der Waals surface area contributed by atoms with Gasteiger partial charge in [-0.05, 0) is 48.4 Å². The Kier molecular flexibility index (Phi) is 8.40. The van der Waals surface area contributed by atoms with Gasteiger partial charge in [0.05, 0.1) is 17.8 Å². The fourth-order valence-electron chi connectivity index (χ4n) is 3.43. The summed E-state index contributed by atoms with van der Waals surface area (Å²) in [5.74, 6) is -0.566. The van der Waals surface area contributed by atoms with Gasteiger partial charge in [-0.1, -0.05) is 48.0 Å². The summed E-state index contributed by atoms with van der Waals surface area (Å²) in [6.07, 6.45) is 1.57. The summed E-state index contributed by atoms with van der Waals surface area (Å²) in [6, 6.07) is 15.8. The van der Waals surface area contributed by atoms with E-state index in [1.54, 1.807) is 11.1 Å². The first kappa shape index (κ1) is 24.2. The quantitative estimate of drug-likeness (QED) is 0.361. The number of ether oxygens (including phenoxy) is 1. The van der Waals surface area contributed by atoms with Crippen LogP contribution in [0.3, 0.4) is 0 Å². The van der Waals surface area contributed by atoms with Crippen LogP contribution in [0.5, 0.6) is 5.75 Å². The van der Waals surface area contributed by atoms with Crippen molar-refractivity contribution in [2.75, 3.05) is 19.7 Å². The van der Waals surface area contributed by atoms with Crippen LogP contribution in [-0.2, 0) is 16.1 Å². The highest BCUT2D eigenvalue weighted by Crippen LogP contribution is 2.24. The van der Waals surface area contributed by atoms with Gasteiger partial charge in [0.1, 0.15) is 12.4 Å². The Balaban J connectivity index is 1.70. The van der Waals surface area contributed by atoms with E-state index in [9.17, 15) is 14.7 Å². The maximum absolute atomic E-state index is 12.3. The molecule has 3 aromatic carbocycles. The molecule has 0 atom stereocenters. The predicted octanol–water partition coefficient (Wildman–Crippen LogP) is 4.35. The van der Waals surface area contributed by atoms with Crippen LogP contribution < -0.4 is 5.43 Å². The summed E-state index contributed by atoms with van der Waals surface area (Å²) in [5, 5.41) is 15.6. The standard InChI is InChI=1S/C25H26ClN3O4/c1-3-29(4-2)24(31)16-33-15-19-8-6-9-20-18(7-5-10-21(19)20)14-27-28-25(32)17-11-12-23(30)22(26)13-17/h5-14,30H,3-4,15-16H2,1-2H3,(H,28,32)/b27-14+. The molecule has 0 saturated heterocycles. The Labute approximate surface area is 197 Å². The molecule has 7 nitrogen and oxygen atoms in total. The number of hydrogen-bond acceptors (Lipinski definition) is 5. The molecule has 0 aromatic heterocycles. The van der Waals surface area contributed by atoms with Gasteiger partial charge < -0.3 is 14.7 Å². The average molecular weight is 468 g/mol. The van der Waals surface area contributed by atoms with Gasteiger partial charge in [-0.25, -0.2) is 5.43 Å². The zero-order valence-electron chi connectivity index (χ0n) is 18.5. The lowest BCUT2D eigenvalue weighted by molar-refractivity contribution is -0.136. The molecule has 0 aliphatic carbocycles. The summed E-state index contributed by atoms with van der Waals surface area (Å²) in [7, 11) is 0. The number of likely N-dealkylation sites (N-methyl/N-ethyl adjacent to an activating group) is 1. The molecule has 2 N–H and O–H groups in total. The lowest BCUT2D eigenvalue weighted by atomic mass is 10.0. The molecular weight excluding hydrogens is 442 g/mol. The van der Waals surface area contributed by atoms with Crippen molar-refractivity contribution >= 4 is 40.4 Å². The minimum absolute atomic E-state index is 0.0290. The third kappa shape index (κ3) is 6.09. The van der Waals surface area contributed by atoms with E-state index in [2.05, 4.69) is 10.5 Å². The number of carbonyl (C=O) groups excluding carboxylic acids is 2. The van der Waals surface area contributed by atoms with Crippen LogP contribution in [0.15, 0.2) is 59.7 Å². The molecule has 0 bridgehead atoms. The van der Waals surface area contributed by atoms with Crippen molar-refractivity contribution in [3.8, 4) is 5.75 Å². The number of halogens is 1. The smallest absolute Gasteiger partial charge is 0.271 e. The second-order valence-corrected chi connectivity index (χ2v) is 7.69. The number of amides is 2. The Bertz CT molecular complexity index is 1180. The van der Waals surface area contributed by atoms with Gasteiger partial charge in [0.2, 0.25) is 5.91 Å². The fraction of sp³-hybridized carbons (Fsp3) is 0.240. The van der Waals surface area contributed by atoms with Crippen molar-refractivity contribution in [3.63, 3.8) is 0 Å². The van der Waals surface area contributed by atoms with Gasteiger partial charge in [0.15, 0.2) is 0 Å². The highest BCUT2D eigenvalue weighted by molar-refractivity contribution is 6.32. The minimum atomic E-state index is -0.444. The van der Waals surface area contributed by atoms with Crippen LogP contribution in [0, 0.1) is 0 Å². The number of carbonyl (C=O) groups is 2. The topological polar surface area (TPSA) is 91.2 Å². The first-order valence-corrected chi connectivity index (χ1v) is 11.0. The van der Waals surface area contributed by atoms with Gasteiger partial charge >= 0.3 is 0 Å². The van der Waals surface area contributed by atoms with E-state index >= 15 is 0 Å². The molecule has 0 saturated carbocycles. The summed E-state index contributed by atoms with van der Waals surface area (Å²) in [6.45, 7) is 5.54. The van der Waals surface area contributed by atoms with E-state index < -0.39 is 5.91 Å². The van der Waals surface area contributed by atoms with E-state index in [1.165, 1.54) is 18.2 Å². The molecular formula is C25H26ClN3O4. The number of hydrogen-bond donors (Lipinski definition) is 2. The van der Waals surface area contributed by atoms with Crippen molar-refractivity contribution in [1.29, 1.82) is 0 Å². The van der Waals surface area contributed by atoms with Crippen LogP contribution in [0.1, 0.15) is 35.3 Å². The highest BCUT2D eigenvalue weighted by atomic mass is 35.5. The number of hydrazone groups is 1. The number of nitrogens with zero attached hydrogens (tertiary/aromatic N) is 2. The predicted molar refractivity (Wildman–Crippen MR) is 130 cm³/mol. The summed E-state index contributed by atoms with van der Waals surface area (Å²) in [4.78, 5) is 26.2. The number of rotatable bonds is 9. The van der Waals surface area contributed by atoms with E-state index in [0.717, 1.165) is 21.9 Å². The van der Waals surface area contributed by atoms with Crippen LogP contribution >= 0.6 is 11.6 Å². The minimum Gasteiger partial charge on any atom is -0.506 e. The van der Waals surface area contributed by atoms with E-state index in [0.29, 0.717) is 19.7 Å². The number of fused-ring (bicyclic) bond motifs is 1. The Morgan fingerprint density at radius 3 is 2.55 bits per heavy atom. The Morgan fingerprint density at radius 2 is 1.82 bits per heavy atom. The van der Waals surface area contributed by atoms with E-state index in [1.807, 2.05) is 50.2 Å². The van der Waals surface area contributed by atoms with Crippen molar-refractivity contribution in [1.82, 2.24) is 10.3 Å². The van der Waals surface area contributed by atoms with Crippen LogP contribution in [0.4, 0.5) is 0 Å². The number of benzene rings is 3. The molecule has 0 aliphatic heterocycles. The molecule has 172 valence electrons. The van der Waals surface area contributed by atoms with Gasteiger partial charge in [-0.15, -0.1) is 0 Å². The lowest BCUT2D eigenvalue weighted by Crippen LogP contribution is -2.33. The summed E-state index contributed by atoms with van der Waals surface area (Å²) >= 11 is 5.85. The van der Waals surface area contributed by atoms with Crippen molar-refractivity contribution in [2.45, 2.75) is 20.5 Å². The number of aromatic hydroxyl groups is 1. The first-order valence-electron chi connectivity index (χ1n) is 10.6. The van der Waals surface area contributed by atoms with Crippen LogP contribution in [0.2, 0.25) is 5.02 Å². The monoisotopic (exact) mass is 467 g/mol. The number of phenolic OH excluding ortho intramolecular Hbond substituents is 1. The van der Waals surface area contributed by atoms with Crippen molar-refractivity contribution < 1.29 is 19.4 Å². The van der Waals surface area contributed by atoms with Crippen molar-refractivity contribution in [3.05, 3.63) is 76.3 Å². The van der Waals surface area contributed by atoms with Gasteiger partial charge in [-0.3, -0.25) is 9.59 Å². The number of nitrogens with one attached hydrogen (secondary N) is 1. The lowest BCUT2D eigenvalue weighted by Gasteiger charge is -2.18. The normalized spacial score (nSPS) is 11.1. The zero-order chi connectivity index (χ0) is 23.8. The molecule has 0 radical (unpaired) electrons. The van der Waals surface area contributed by atoms with Crippen LogP contribution in [0.25, 0.3) is 10.8 Å². The maximum atomic E-state index is 12.3. The van der Waals surface area contributed by atoms with Crippen LogP contribution in [-0.4, -0.2) is 47.7 Å². The van der Waals surface area contributed by atoms with Crippen molar-refractivity contribution in [2.24, 2.45) is 5.10 Å². The molecule has 0 fully saturated rings. The largest absolute Gasteiger partial charge is 0.506 e. The molecule has 33 heavy (non-hydrogen) atoms. The zero-order valence-corrected chi connectivity index (χ0v) is 19.3. The van der Waals surface area contributed by atoms with E-state index in [-0.39, 0.29) is 28.8 Å². The van der Waals surface area contributed by atoms with Gasteiger partial charge in [0, 0.05) is 24.2 Å². The molecule has 0 spiro atoms. The molecule has 0 unspecified atom stereocenters. The summed E-state index contributed by atoms with van der Waals surface area (Å²) < 4.78 is 5.68. The molecule has 3 rings (SSSR count). The second-order valence-electron chi connectivity index (χ2n) is 7.28. The molecule has 0 heterocycles.